The molecule has 0 aliphatic carbocycles. The van der Waals surface area contributed by atoms with Crippen molar-refractivity contribution in [3.05, 3.63) is 29.3 Å². The van der Waals surface area contributed by atoms with Gasteiger partial charge in [0.1, 0.15) is 5.75 Å². The molecule has 2 rings (SSSR count). The molecule has 20 heavy (non-hydrogen) atoms. The van der Waals surface area contributed by atoms with Gasteiger partial charge in [0.25, 0.3) is 0 Å². The van der Waals surface area contributed by atoms with Crippen LogP contribution in [-0.4, -0.2) is 26.4 Å². The fraction of sp³-hybridized carbons (Fsp3) is 0.625. The van der Waals surface area contributed by atoms with Gasteiger partial charge in [-0.15, -0.1) is 0 Å². The molecule has 0 fully saturated rings. The largest absolute Gasteiger partial charge is 0.493 e. The molecule has 2 unspecified atom stereocenters. The van der Waals surface area contributed by atoms with Crippen molar-refractivity contribution in [3.63, 3.8) is 0 Å². The van der Waals surface area contributed by atoms with E-state index in [2.05, 4.69) is 30.5 Å². The van der Waals surface area contributed by atoms with Crippen LogP contribution in [0, 0.1) is 5.92 Å². The highest BCUT2D eigenvalue weighted by Crippen LogP contribution is 2.26. The average molecular weight is 278 g/mol. The van der Waals surface area contributed by atoms with E-state index in [1.165, 1.54) is 11.1 Å². The normalized spacial score (nSPS) is 16.6. The van der Waals surface area contributed by atoms with E-state index in [0.717, 1.165) is 44.6 Å². The molecule has 0 amide bonds. The second-order valence-electron chi connectivity index (χ2n) is 5.74. The molecule has 0 radical (unpaired) electrons. The lowest BCUT2D eigenvalue weighted by Crippen LogP contribution is -2.37. The maximum absolute atomic E-state index is 5.66. The molecule has 2 atom stereocenters. The average Bonchev–Trinajstić information content (AvgIpc) is 2.91. The number of rotatable bonds is 8. The van der Waals surface area contributed by atoms with E-state index in [4.69, 9.17) is 15.3 Å². The van der Waals surface area contributed by atoms with Crippen LogP contribution in [0.25, 0.3) is 0 Å². The first-order valence-corrected chi connectivity index (χ1v) is 7.42. The van der Waals surface area contributed by atoms with Gasteiger partial charge in [-0.3, -0.25) is 11.3 Å². The zero-order valence-electron chi connectivity index (χ0n) is 12.5. The van der Waals surface area contributed by atoms with Crippen molar-refractivity contribution in [1.29, 1.82) is 0 Å². The number of hydrogen-bond acceptors (Lipinski definition) is 4. The molecule has 4 nitrogen and oxygen atoms in total. The van der Waals surface area contributed by atoms with Crippen LogP contribution in [0.5, 0.6) is 5.75 Å². The molecule has 0 aromatic heterocycles. The van der Waals surface area contributed by atoms with Crippen molar-refractivity contribution in [2.75, 3.05) is 20.3 Å². The van der Waals surface area contributed by atoms with Crippen molar-refractivity contribution in [2.45, 2.75) is 38.6 Å². The zero-order chi connectivity index (χ0) is 14.4. The molecule has 1 aromatic carbocycles. The Morgan fingerprint density at radius 1 is 1.45 bits per heavy atom. The predicted octanol–water partition coefficient (Wildman–Crippen LogP) is 2.06. The third-order valence-electron chi connectivity index (χ3n) is 3.91. The molecular weight excluding hydrogens is 252 g/mol. The fourth-order valence-electron chi connectivity index (χ4n) is 2.84. The number of ether oxygens (including phenoxy) is 2. The van der Waals surface area contributed by atoms with Crippen LogP contribution in [0.2, 0.25) is 0 Å². The van der Waals surface area contributed by atoms with Gasteiger partial charge in [-0.05, 0) is 42.4 Å². The van der Waals surface area contributed by atoms with Crippen LogP contribution in [0.1, 0.15) is 30.9 Å². The molecule has 0 saturated heterocycles. The van der Waals surface area contributed by atoms with E-state index in [9.17, 15) is 0 Å². The van der Waals surface area contributed by atoms with Crippen molar-refractivity contribution < 1.29 is 9.47 Å². The smallest absolute Gasteiger partial charge is 0.122 e. The molecule has 1 aliphatic rings. The molecule has 1 heterocycles. The van der Waals surface area contributed by atoms with Crippen LogP contribution in [-0.2, 0) is 17.6 Å². The summed E-state index contributed by atoms with van der Waals surface area (Å²) in [5, 5.41) is 0. The van der Waals surface area contributed by atoms with Gasteiger partial charge in [0, 0.05) is 26.2 Å². The third-order valence-corrected chi connectivity index (χ3v) is 3.91. The van der Waals surface area contributed by atoms with Crippen LogP contribution >= 0.6 is 0 Å². The summed E-state index contributed by atoms with van der Waals surface area (Å²) in [7, 11) is 1.74. The second kappa shape index (κ2) is 7.62. The first-order chi connectivity index (χ1) is 9.72. The van der Waals surface area contributed by atoms with E-state index in [-0.39, 0.29) is 0 Å². The van der Waals surface area contributed by atoms with E-state index < -0.39 is 0 Å². The number of aryl methyl sites for hydroxylation is 1. The monoisotopic (exact) mass is 278 g/mol. The van der Waals surface area contributed by atoms with Crippen LogP contribution in [0.15, 0.2) is 18.2 Å². The van der Waals surface area contributed by atoms with E-state index in [0.29, 0.717) is 12.0 Å². The lowest BCUT2D eigenvalue weighted by atomic mass is 9.96. The summed E-state index contributed by atoms with van der Waals surface area (Å²) in [6.07, 6.45) is 4.16. The summed E-state index contributed by atoms with van der Waals surface area (Å²) >= 11 is 0. The van der Waals surface area contributed by atoms with Crippen LogP contribution in [0.4, 0.5) is 0 Å². The van der Waals surface area contributed by atoms with Gasteiger partial charge in [0.2, 0.25) is 0 Å². The number of fused-ring (bicyclic) bond motifs is 1. The van der Waals surface area contributed by atoms with E-state index >= 15 is 0 Å². The number of benzene rings is 1. The number of nitrogens with one attached hydrogen (secondary N) is 1. The molecule has 1 aliphatic heterocycles. The topological polar surface area (TPSA) is 56.5 Å². The van der Waals surface area contributed by atoms with Crippen molar-refractivity contribution in [1.82, 2.24) is 5.43 Å². The first-order valence-electron chi connectivity index (χ1n) is 7.42. The molecule has 3 N–H and O–H groups in total. The SMILES string of the molecule is COCC(C)CC(CCc1ccc2c(c1)CCO2)NN. The predicted molar refractivity (Wildman–Crippen MR) is 80.7 cm³/mol. The Kier molecular flexibility index (Phi) is 5.83. The fourth-order valence-corrected chi connectivity index (χ4v) is 2.84. The van der Waals surface area contributed by atoms with E-state index in [1.807, 2.05) is 0 Å². The highest BCUT2D eigenvalue weighted by atomic mass is 16.5. The Bertz CT molecular complexity index is 423. The van der Waals surface area contributed by atoms with Gasteiger partial charge in [-0.25, -0.2) is 0 Å². The van der Waals surface area contributed by atoms with Gasteiger partial charge >= 0.3 is 0 Å². The lowest BCUT2D eigenvalue weighted by Gasteiger charge is -2.20. The van der Waals surface area contributed by atoms with Gasteiger partial charge in [-0.1, -0.05) is 19.1 Å². The Hall–Kier alpha value is -1.10. The maximum Gasteiger partial charge on any atom is 0.122 e. The third kappa shape index (κ3) is 4.20. The minimum Gasteiger partial charge on any atom is -0.493 e. The maximum atomic E-state index is 5.66. The number of hydrazine groups is 1. The summed E-state index contributed by atoms with van der Waals surface area (Å²) in [5.74, 6) is 7.24. The summed E-state index contributed by atoms with van der Waals surface area (Å²) in [4.78, 5) is 0. The Balaban J connectivity index is 1.83. The molecule has 4 heteroatoms. The Morgan fingerprint density at radius 3 is 3.05 bits per heavy atom. The molecule has 0 saturated carbocycles. The second-order valence-corrected chi connectivity index (χ2v) is 5.74. The minimum atomic E-state index is 0.338. The van der Waals surface area contributed by atoms with Crippen molar-refractivity contribution >= 4 is 0 Å². The van der Waals surface area contributed by atoms with E-state index in [1.54, 1.807) is 7.11 Å². The Labute approximate surface area is 121 Å². The summed E-state index contributed by atoms with van der Waals surface area (Å²) in [6.45, 7) is 3.80. The lowest BCUT2D eigenvalue weighted by molar-refractivity contribution is 0.148. The number of methoxy groups -OCH3 is 1. The quantitative estimate of drug-likeness (QED) is 0.564. The summed E-state index contributed by atoms with van der Waals surface area (Å²) < 4.78 is 10.7. The van der Waals surface area contributed by atoms with Gasteiger partial charge < -0.3 is 9.47 Å². The summed E-state index contributed by atoms with van der Waals surface area (Å²) in [5.41, 5.74) is 5.64. The van der Waals surface area contributed by atoms with Gasteiger partial charge in [0.05, 0.1) is 6.61 Å². The molecular formula is C16H26N2O2. The van der Waals surface area contributed by atoms with Crippen LogP contribution < -0.4 is 16.0 Å². The zero-order valence-corrected chi connectivity index (χ0v) is 12.5. The molecule has 112 valence electrons. The number of hydrogen-bond donors (Lipinski definition) is 2. The first kappa shape index (κ1) is 15.3. The van der Waals surface area contributed by atoms with Crippen molar-refractivity contribution in [2.24, 2.45) is 11.8 Å². The Morgan fingerprint density at radius 2 is 2.30 bits per heavy atom. The standard InChI is InChI=1S/C16H26N2O2/c1-12(11-19-2)9-15(18-17)5-3-13-4-6-16-14(10-13)7-8-20-16/h4,6,10,12,15,18H,3,5,7-9,11,17H2,1-2H3. The van der Waals surface area contributed by atoms with Gasteiger partial charge in [-0.2, -0.15) is 0 Å². The van der Waals surface area contributed by atoms with Gasteiger partial charge in [0.15, 0.2) is 0 Å². The molecule has 0 spiro atoms. The van der Waals surface area contributed by atoms with Crippen molar-refractivity contribution in [3.8, 4) is 5.75 Å². The highest BCUT2D eigenvalue weighted by molar-refractivity contribution is 5.39. The molecule has 1 aromatic rings. The number of nitrogens with two attached hydrogens (primary N) is 1. The minimum absolute atomic E-state index is 0.338. The van der Waals surface area contributed by atoms with Crippen LogP contribution in [0.3, 0.4) is 0 Å². The summed E-state index contributed by atoms with van der Waals surface area (Å²) in [6, 6.07) is 6.87. The highest BCUT2D eigenvalue weighted by Gasteiger charge is 2.14. The molecule has 0 bridgehead atoms.